The Bertz CT molecular complexity index is 656. The lowest BCUT2D eigenvalue weighted by molar-refractivity contribution is 0.0696. The SMILES string of the molecule is O=C(O)c1ccc(Cl)c(NC(=O)c2sccc2Br)c1. The number of amides is 1. The van der Waals surface area contributed by atoms with Gasteiger partial charge in [0.05, 0.1) is 16.3 Å². The number of benzene rings is 1. The third-order valence-corrected chi connectivity index (χ3v) is 4.45. The second kappa shape index (κ2) is 5.73. The molecule has 0 bridgehead atoms. The fraction of sp³-hybridized carbons (Fsp3) is 0. The molecule has 19 heavy (non-hydrogen) atoms. The zero-order chi connectivity index (χ0) is 14.0. The molecule has 0 saturated carbocycles. The van der Waals surface area contributed by atoms with Crippen molar-refractivity contribution in [3.05, 3.63) is 49.6 Å². The van der Waals surface area contributed by atoms with Crippen LogP contribution in [0.25, 0.3) is 0 Å². The summed E-state index contributed by atoms with van der Waals surface area (Å²) in [5.74, 6) is -1.42. The van der Waals surface area contributed by atoms with Gasteiger partial charge in [0.25, 0.3) is 5.91 Å². The van der Waals surface area contributed by atoms with Crippen LogP contribution in [0.1, 0.15) is 20.0 Å². The van der Waals surface area contributed by atoms with Crippen molar-refractivity contribution in [2.24, 2.45) is 0 Å². The number of thiophene rings is 1. The number of carbonyl (C=O) groups excluding carboxylic acids is 1. The molecule has 2 N–H and O–H groups in total. The molecule has 1 heterocycles. The number of hydrogen-bond acceptors (Lipinski definition) is 3. The molecule has 0 spiro atoms. The van der Waals surface area contributed by atoms with Gasteiger partial charge in [0.15, 0.2) is 0 Å². The largest absolute Gasteiger partial charge is 0.478 e. The Morgan fingerprint density at radius 2 is 2.05 bits per heavy atom. The highest BCUT2D eigenvalue weighted by Crippen LogP contribution is 2.27. The van der Waals surface area contributed by atoms with Crippen LogP contribution in [0.4, 0.5) is 5.69 Å². The first kappa shape index (κ1) is 14.0. The van der Waals surface area contributed by atoms with Crippen molar-refractivity contribution in [3.63, 3.8) is 0 Å². The van der Waals surface area contributed by atoms with Gasteiger partial charge in [0.1, 0.15) is 4.88 Å². The molecule has 0 aliphatic carbocycles. The second-order valence-corrected chi connectivity index (χ2v) is 5.73. The average molecular weight is 361 g/mol. The molecular formula is C12H7BrClNO3S. The number of carboxylic acid groups (broad SMARTS) is 1. The van der Waals surface area contributed by atoms with Crippen molar-refractivity contribution in [2.75, 3.05) is 5.32 Å². The lowest BCUT2D eigenvalue weighted by Gasteiger charge is -2.07. The van der Waals surface area contributed by atoms with Crippen LogP contribution in [0.15, 0.2) is 34.1 Å². The first-order valence-corrected chi connectivity index (χ1v) is 7.11. The van der Waals surface area contributed by atoms with E-state index in [1.807, 2.05) is 0 Å². The van der Waals surface area contributed by atoms with Gasteiger partial charge in [-0.2, -0.15) is 0 Å². The number of aromatic carboxylic acids is 1. The van der Waals surface area contributed by atoms with Gasteiger partial charge in [-0.05, 0) is 45.6 Å². The lowest BCUT2D eigenvalue weighted by Crippen LogP contribution is -2.11. The maximum absolute atomic E-state index is 12.0. The molecule has 0 unspecified atom stereocenters. The summed E-state index contributed by atoms with van der Waals surface area (Å²) in [6.07, 6.45) is 0. The zero-order valence-electron chi connectivity index (χ0n) is 9.31. The van der Waals surface area contributed by atoms with Crippen LogP contribution < -0.4 is 5.32 Å². The van der Waals surface area contributed by atoms with Crippen LogP contribution in [0.2, 0.25) is 5.02 Å². The van der Waals surface area contributed by atoms with Gasteiger partial charge >= 0.3 is 5.97 Å². The standard InChI is InChI=1S/C12H7BrClNO3S/c13-7-3-4-19-10(7)11(16)15-9-5-6(12(17)18)1-2-8(9)14/h1-5H,(H,15,16)(H,17,18). The van der Waals surface area contributed by atoms with Crippen molar-refractivity contribution in [2.45, 2.75) is 0 Å². The number of hydrogen-bond donors (Lipinski definition) is 2. The van der Waals surface area contributed by atoms with E-state index in [1.54, 1.807) is 11.4 Å². The lowest BCUT2D eigenvalue weighted by atomic mass is 10.2. The van der Waals surface area contributed by atoms with E-state index in [4.69, 9.17) is 16.7 Å². The van der Waals surface area contributed by atoms with Gasteiger partial charge in [-0.1, -0.05) is 11.6 Å². The fourth-order valence-electron chi connectivity index (χ4n) is 1.39. The number of anilines is 1. The molecular weight excluding hydrogens is 354 g/mol. The Hall–Kier alpha value is -1.37. The molecule has 0 aliphatic heterocycles. The molecule has 4 nitrogen and oxygen atoms in total. The van der Waals surface area contributed by atoms with E-state index >= 15 is 0 Å². The Kier molecular flexibility index (Phi) is 4.24. The minimum Gasteiger partial charge on any atom is -0.478 e. The number of rotatable bonds is 3. The molecule has 0 radical (unpaired) electrons. The van der Waals surface area contributed by atoms with Crippen molar-refractivity contribution < 1.29 is 14.7 Å². The summed E-state index contributed by atoms with van der Waals surface area (Å²) in [5, 5.41) is 13.6. The molecule has 0 atom stereocenters. The third kappa shape index (κ3) is 3.15. The maximum atomic E-state index is 12.0. The monoisotopic (exact) mass is 359 g/mol. The highest BCUT2D eigenvalue weighted by Gasteiger charge is 2.14. The summed E-state index contributed by atoms with van der Waals surface area (Å²) >= 11 is 10.5. The predicted octanol–water partition coefficient (Wildman–Crippen LogP) is 4.11. The van der Waals surface area contributed by atoms with Crippen LogP contribution >= 0.6 is 38.9 Å². The van der Waals surface area contributed by atoms with Crippen molar-refractivity contribution >= 4 is 56.4 Å². The second-order valence-electron chi connectivity index (χ2n) is 3.55. The first-order chi connectivity index (χ1) is 8.99. The summed E-state index contributed by atoms with van der Waals surface area (Å²) in [6.45, 7) is 0. The van der Waals surface area contributed by atoms with Crippen LogP contribution in [0.5, 0.6) is 0 Å². The smallest absolute Gasteiger partial charge is 0.335 e. The van der Waals surface area contributed by atoms with E-state index in [2.05, 4.69) is 21.2 Å². The Labute approximate surface area is 126 Å². The van der Waals surface area contributed by atoms with Crippen LogP contribution in [0, 0.1) is 0 Å². The summed E-state index contributed by atoms with van der Waals surface area (Å²) in [5.41, 5.74) is 0.330. The molecule has 1 amide bonds. The fourth-order valence-corrected chi connectivity index (χ4v) is 3.00. The number of nitrogens with one attached hydrogen (secondary N) is 1. The molecule has 7 heteroatoms. The summed E-state index contributed by atoms with van der Waals surface area (Å²) < 4.78 is 0.681. The molecule has 1 aromatic carbocycles. The van der Waals surface area contributed by atoms with Crippen LogP contribution in [-0.4, -0.2) is 17.0 Å². The molecule has 98 valence electrons. The van der Waals surface area contributed by atoms with E-state index in [9.17, 15) is 9.59 Å². The number of halogens is 2. The quantitative estimate of drug-likeness (QED) is 0.865. The maximum Gasteiger partial charge on any atom is 0.335 e. The highest BCUT2D eigenvalue weighted by molar-refractivity contribution is 9.10. The summed E-state index contributed by atoms with van der Waals surface area (Å²) in [4.78, 5) is 23.4. The Balaban J connectivity index is 2.28. The summed E-state index contributed by atoms with van der Waals surface area (Å²) in [6, 6.07) is 5.89. The Morgan fingerprint density at radius 1 is 1.32 bits per heavy atom. The van der Waals surface area contributed by atoms with E-state index in [0.717, 1.165) is 0 Å². The molecule has 0 aliphatic rings. The van der Waals surface area contributed by atoms with E-state index < -0.39 is 5.97 Å². The van der Waals surface area contributed by atoms with Crippen molar-refractivity contribution in [1.29, 1.82) is 0 Å². The first-order valence-electron chi connectivity index (χ1n) is 5.06. The van der Waals surface area contributed by atoms with Gasteiger partial charge in [-0.25, -0.2) is 4.79 Å². The minimum absolute atomic E-state index is 0.0601. The van der Waals surface area contributed by atoms with Crippen LogP contribution in [-0.2, 0) is 0 Å². The number of carbonyl (C=O) groups is 2. The average Bonchev–Trinajstić information content (AvgIpc) is 2.78. The topological polar surface area (TPSA) is 66.4 Å². The molecule has 0 fully saturated rings. The van der Waals surface area contributed by atoms with E-state index in [1.165, 1.54) is 29.5 Å². The van der Waals surface area contributed by atoms with Gasteiger partial charge in [0, 0.05) is 4.47 Å². The van der Waals surface area contributed by atoms with Gasteiger partial charge in [-0.15, -0.1) is 11.3 Å². The molecule has 2 aromatic rings. The van der Waals surface area contributed by atoms with E-state index in [0.29, 0.717) is 9.35 Å². The third-order valence-electron chi connectivity index (χ3n) is 2.28. The molecule has 0 saturated heterocycles. The van der Waals surface area contributed by atoms with Gasteiger partial charge < -0.3 is 10.4 Å². The normalized spacial score (nSPS) is 10.2. The predicted molar refractivity (Wildman–Crippen MR) is 78.4 cm³/mol. The minimum atomic E-state index is -1.08. The Morgan fingerprint density at radius 3 is 2.63 bits per heavy atom. The van der Waals surface area contributed by atoms with Crippen molar-refractivity contribution in [3.8, 4) is 0 Å². The van der Waals surface area contributed by atoms with E-state index in [-0.39, 0.29) is 22.2 Å². The van der Waals surface area contributed by atoms with Gasteiger partial charge in [0.2, 0.25) is 0 Å². The zero-order valence-corrected chi connectivity index (χ0v) is 12.5. The highest BCUT2D eigenvalue weighted by atomic mass is 79.9. The van der Waals surface area contributed by atoms with Crippen LogP contribution in [0.3, 0.4) is 0 Å². The van der Waals surface area contributed by atoms with Crippen molar-refractivity contribution in [1.82, 2.24) is 0 Å². The molecule has 2 rings (SSSR count). The molecule has 1 aromatic heterocycles. The number of carboxylic acids is 1. The van der Waals surface area contributed by atoms with Gasteiger partial charge in [-0.3, -0.25) is 4.79 Å². The summed E-state index contributed by atoms with van der Waals surface area (Å²) in [7, 11) is 0.